The number of likely N-dealkylation sites (N-methyl/N-ethyl adjacent to an activating group) is 2. The largest absolute Gasteiger partial charge is 0.355 e. The summed E-state index contributed by atoms with van der Waals surface area (Å²) in [5.41, 5.74) is 0. The van der Waals surface area contributed by atoms with Crippen LogP contribution in [0.5, 0.6) is 0 Å². The Bertz CT molecular complexity index is 327. The minimum atomic E-state index is -3.07. The molecule has 0 rings (SSSR count). The minimum absolute atomic E-state index is 0.0856. The second-order valence-electron chi connectivity index (χ2n) is 4.14. The molecule has 2 atom stereocenters. The number of nitrogens with one attached hydrogen (secondary N) is 1. The van der Waals surface area contributed by atoms with Crippen molar-refractivity contribution in [2.24, 2.45) is 0 Å². The van der Waals surface area contributed by atoms with Crippen LogP contribution in [0.4, 0.5) is 0 Å². The quantitative estimate of drug-likeness (QED) is 0.713. The SMILES string of the molecule is CCNC(=O)CN(C)[C@@H](C)[C@@H](C)S(C)(=O)=O. The van der Waals surface area contributed by atoms with Gasteiger partial charge in [-0.25, -0.2) is 8.42 Å². The van der Waals surface area contributed by atoms with Gasteiger partial charge in [-0.05, 0) is 27.8 Å². The first-order chi connectivity index (χ1) is 7.20. The van der Waals surface area contributed by atoms with Crippen LogP contribution in [0.2, 0.25) is 0 Å². The third kappa shape index (κ3) is 4.94. The number of nitrogens with zero attached hydrogens (tertiary/aromatic N) is 1. The van der Waals surface area contributed by atoms with Crippen molar-refractivity contribution < 1.29 is 13.2 Å². The van der Waals surface area contributed by atoms with E-state index in [-0.39, 0.29) is 18.5 Å². The lowest BCUT2D eigenvalue weighted by Gasteiger charge is -2.28. The Morgan fingerprint density at radius 1 is 1.38 bits per heavy atom. The summed E-state index contributed by atoms with van der Waals surface area (Å²) in [7, 11) is -1.32. The van der Waals surface area contributed by atoms with Crippen LogP contribution in [0.1, 0.15) is 20.8 Å². The van der Waals surface area contributed by atoms with Gasteiger partial charge in [0.15, 0.2) is 9.84 Å². The van der Waals surface area contributed by atoms with Gasteiger partial charge in [-0.3, -0.25) is 9.69 Å². The summed E-state index contributed by atoms with van der Waals surface area (Å²) in [5, 5.41) is 2.20. The van der Waals surface area contributed by atoms with Crippen molar-refractivity contribution in [3.8, 4) is 0 Å². The summed E-state index contributed by atoms with van der Waals surface area (Å²) in [6.45, 7) is 6.12. The van der Waals surface area contributed by atoms with Gasteiger partial charge in [-0.1, -0.05) is 0 Å². The lowest BCUT2D eigenvalue weighted by molar-refractivity contribution is -0.122. The third-order valence-corrected chi connectivity index (χ3v) is 4.56. The van der Waals surface area contributed by atoms with Gasteiger partial charge in [-0.2, -0.15) is 0 Å². The van der Waals surface area contributed by atoms with Gasteiger partial charge >= 0.3 is 0 Å². The maximum atomic E-state index is 11.4. The van der Waals surface area contributed by atoms with E-state index in [1.165, 1.54) is 6.26 Å². The smallest absolute Gasteiger partial charge is 0.234 e. The summed E-state index contributed by atoms with van der Waals surface area (Å²) in [6.07, 6.45) is 1.22. The predicted octanol–water partition coefficient (Wildman–Crippen LogP) is -0.124. The Hall–Kier alpha value is -0.620. The van der Waals surface area contributed by atoms with E-state index in [1.807, 2.05) is 13.8 Å². The molecule has 96 valence electrons. The van der Waals surface area contributed by atoms with Gasteiger partial charge in [0, 0.05) is 18.8 Å². The van der Waals surface area contributed by atoms with Crippen LogP contribution < -0.4 is 5.32 Å². The first-order valence-corrected chi connectivity index (χ1v) is 7.31. The number of amides is 1. The maximum absolute atomic E-state index is 11.4. The van der Waals surface area contributed by atoms with Gasteiger partial charge in [0.25, 0.3) is 0 Å². The first kappa shape index (κ1) is 15.4. The minimum Gasteiger partial charge on any atom is -0.355 e. The molecule has 0 spiro atoms. The molecule has 0 saturated carbocycles. The molecule has 0 fully saturated rings. The van der Waals surface area contributed by atoms with Crippen LogP contribution in [0.25, 0.3) is 0 Å². The van der Waals surface area contributed by atoms with Crippen molar-refractivity contribution in [2.45, 2.75) is 32.1 Å². The fourth-order valence-electron chi connectivity index (χ4n) is 1.34. The highest BCUT2D eigenvalue weighted by atomic mass is 32.2. The molecule has 0 saturated heterocycles. The van der Waals surface area contributed by atoms with Crippen LogP contribution in [-0.2, 0) is 14.6 Å². The third-order valence-electron chi connectivity index (χ3n) is 2.82. The molecule has 0 aromatic heterocycles. The molecule has 0 aliphatic carbocycles. The molecular weight excluding hydrogens is 228 g/mol. The van der Waals surface area contributed by atoms with E-state index in [2.05, 4.69) is 5.32 Å². The molecule has 0 aromatic carbocycles. The highest BCUT2D eigenvalue weighted by molar-refractivity contribution is 7.91. The van der Waals surface area contributed by atoms with Gasteiger partial charge in [0.1, 0.15) is 0 Å². The van der Waals surface area contributed by atoms with Crippen LogP contribution in [-0.4, -0.2) is 56.9 Å². The topological polar surface area (TPSA) is 66.5 Å². The number of carbonyl (C=O) groups excluding carboxylic acids is 1. The molecule has 5 nitrogen and oxygen atoms in total. The lowest BCUT2D eigenvalue weighted by Crippen LogP contribution is -2.45. The van der Waals surface area contributed by atoms with E-state index < -0.39 is 15.1 Å². The second kappa shape index (κ2) is 6.20. The predicted molar refractivity (Wildman–Crippen MR) is 65.1 cm³/mol. The highest BCUT2D eigenvalue weighted by Gasteiger charge is 2.26. The van der Waals surface area contributed by atoms with Crippen LogP contribution in [0, 0.1) is 0 Å². The standard InChI is InChI=1S/C10H22N2O3S/c1-6-11-10(13)7-12(4)8(2)9(3)16(5,14)15/h8-9H,6-7H2,1-5H3,(H,11,13)/t8-,9+/m0/s1. The number of hydrogen-bond acceptors (Lipinski definition) is 4. The van der Waals surface area contributed by atoms with E-state index in [9.17, 15) is 13.2 Å². The molecule has 6 heteroatoms. The Balaban J connectivity index is 4.39. The number of carbonyl (C=O) groups is 1. The zero-order chi connectivity index (χ0) is 12.9. The number of hydrogen-bond donors (Lipinski definition) is 1. The van der Waals surface area contributed by atoms with Crippen LogP contribution >= 0.6 is 0 Å². The summed E-state index contributed by atoms with van der Waals surface area (Å²) in [6, 6.07) is -0.183. The molecule has 0 radical (unpaired) electrons. The van der Waals surface area contributed by atoms with Gasteiger partial charge in [0.05, 0.1) is 11.8 Å². The second-order valence-corrected chi connectivity index (χ2v) is 6.55. The molecule has 16 heavy (non-hydrogen) atoms. The Morgan fingerprint density at radius 2 is 1.88 bits per heavy atom. The summed E-state index contributed by atoms with van der Waals surface area (Å²) in [5.74, 6) is -0.0856. The molecule has 0 aliphatic rings. The van der Waals surface area contributed by atoms with Crippen molar-refractivity contribution >= 4 is 15.7 Å². The van der Waals surface area contributed by atoms with Crippen LogP contribution in [0.15, 0.2) is 0 Å². The van der Waals surface area contributed by atoms with E-state index in [0.29, 0.717) is 6.54 Å². The zero-order valence-corrected chi connectivity index (χ0v) is 11.5. The van der Waals surface area contributed by atoms with Crippen LogP contribution in [0.3, 0.4) is 0 Å². The summed E-state index contributed by atoms with van der Waals surface area (Å²) >= 11 is 0. The fraction of sp³-hybridized carbons (Fsp3) is 0.900. The van der Waals surface area contributed by atoms with Crippen molar-refractivity contribution in [1.82, 2.24) is 10.2 Å². The zero-order valence-electron chi connectivity index (χ0n) is 10.6. The number of rotatable bonds is 6. The first-order valence-electron chi connectivity index (χ1n) is 5.36. The Kier molecular flexibility index (Phi) is 5.96. The Labute approximate surface area is 98.1 Å². The molecule has 0 unspecified atom stereocenters. The van der Waals surface area contributed by atoms with Gasteiger partial charge in [-0.15, -0.1) is 0 Å². The van der Waals surface area contributed by atoms with E-state index in [4.69, 9.17) is 0 Å². The highest BCUT2D eigenvalue weighted by Crippen LogP contribution is 2.09. The van der Waals surface area contributed by atoms with Gasteiger partial charge in [0.2, 0.25) is 5.91 Å². The van der Waals surface area contributed by atoms with E-state index in [1.54, 1.807) is 18.9 Å². The average Bonchev–Trinajstić information content (AvgIpc) is 2.14. The van der Waals surface area contributed by atoms with E-state index >= 15 is 0 Å². The lowest BCUT2D eigenvalue weighted by atomic mass is 10.2. The molecule has 1 N–H and O–H groups in total. The van der Waals surface area contributed by atoms with Gasteiger partial charge < -0.3 is 5.32 Å². The monoisotopic (exact) mass is 250 g/mol. The molecule has 0 heterocycles. The fourth-order valence-corrected chi connectivity index (χ4v) is 2.26. The van der Waals surface area contributed by atoms with Crippen molar-refractivity contribution in [1.29, 1.82) is 0 Å². The average molecular weight is 250 g/mol. The Morgan fingerprint density at radius 3 is 2.25 bits per heavy atom. The van der Waals surface area contributed by atoms with Crippen molar-refractivity contribution in [2.75, 3.05) is 26.4 Å². The summed E-state index contributed by atoms with van der Waals surface area (Å²) in [4.78, 5) is 13.1. The molecule has 0 aromatic rings. The maximum Gasteiger partial charge on any atom is 0.234 e. The summed E-state index contributed by atoms with van der Waals surface area (Å²) < 4.78 is 22.7. The van der Waals surface area contributed by atoms with Crippen molar-refractivity contribution in [3.05, 3.63) is 0 Å². The normalized spacial score (nSPS) is 15.9. The molecule has 0 bridgehead atoms. The van der Waals surface area contributed by atoms with Crippen molar-refractivity contribution in [3.63, 3.8) is 0 Å². The van der Waals surface area contributed by atoms with E-state index in [0.717, 1.165) is 0 Å². The molecular formula is C10H22N2O3S. The molecule has 1 amide bonds. The molecule has 0 aliphatic heterocycles. The number of sulfone groups is 1.